The predicted molar refractivity (Wildman–Crippen MR) is 75.0 cm³/mol. The average Bonchev–Trinajstić information content (AvgIpc) is 2.74. The lowest BCUT2D eigenvalue weighted by atomic mass is 10.1. The highest BCUT2D eigenvalue weighted by Crippen LogP contribution is 2.24. The van der Waals surface area contributed by atoms with E-state index in [1.54, 1.807) is 23.0 Å². The van der Waals surface area contributed by atoms with Crippen molar-refractivity contribution in [3.63, 3.8) is 0 Å². The molecule has 1 aromatic carbocycles. The van der Waals surface area contributed by atoms with Gasteiger partial charge in [-0.15, -0.1) is 0 Å². The third-order valence-corrected chi connectivity index (χ3v) is 2.92. The molecule has 94 valence electrons. The summed E-state index contributed by atoms with van der Waals surface area (Å²) in [4.78, 5) is 10.3. The molecular formula is C10H10IN5O2. The number of benzene rings is 1. The third kappa shape index (κ3) is 2.76. The van der Waals surface area contributed by atoms with Gasteiger partial charge in [0.25, 0.3) is 5.69 Å². The molecule has 1 aromatic heterocycles. The Morgan fingerprint density at radius 3 is 2.89 bits per heavy atom. The minimum Gasteiger partial charge on any atom is -0.318 e. The normalized spacial score (nSPS) is 10.3. The number of nitro benzene ring substituents is 1. The van der Waals surface area contributed by atoms with E-state index in [9.17, 15) is 10.1 Å². The first-order valence-corrected chi connectivity index (χ1v) is 6.10. The van der Waals surface area contributed by atoms with Crippen LogP contribution in [0.2, 0.25) is 0 Å². The molecule has 2 aromatic rings. The van der Waals surface area contributed by atoms with Crippen LogP contribution in [0, 0.1) is 13.7 Å². The smallest absolute Gasteiger partial charge is 0.293 e. The molecule has 0 bridgehead atoms. The standard InChI is InChI=1S/C10H10IN5O2/c11-8-4-13-15(6-8)5-7-1-2-10(16(17)18)9(3-7)14-12/h1-4,6,14H,5,12H2. The topological polar surface area (TPSA) is 99.0 Å². The van der Waals surface area contributed by atoms with Gasteiger partial charge in [-0.2, -0.15) is 5.10 Å². The average molecular weight is 359 g/mol. The molecule has 8 heteroatoms. The Hall–Kier alpha value is -1.68. The van der Waals surface area contributed by atoms with Crippen molar-refractivity contribution in [2.75, 3.05) is 5.43 Å². The van der Waals surface area contributed by atoms with Gasteiger partial charge in [0.1, 0.15) is 5.69 Å². The molecule has 0 saturated carbocycles. The number of hydrogen-bond donors (Lipinski definition) is 2. The summed E-state index contributed by atoms with van der Waals surface area (Å²) in [5, 5.41) is 14.9. The first-order chi connectivity index (χ1) is 8.60. The number of nitrogens with zero attached hydrogens (tertiary/aromatic N) is 3. The number of aromatic nitrogens is 2. The minimum atomic E-state index is -0.476. The van der Waals surface area contributed by atoms with E-state index in [0.717, 1.165) is 9.13 Å². The number of nitrogens with two attached hydrogens (primary N) is 1. The van der Waals surface area contributed by atoms with E-state index in [0.29, 0.717) is 12.2 Å². The largest absolute Gasteiger partial charge is 0.318 e. The van der Waals surface area contributed by atoms with E-state index in [1.807, 2.05) is 6.20 Å². The molecule has 0 atom stereocenters. The molecule has 18 heavy (non-hydrogen) atoms. The molecular weight excluding hydrogens is 349 g/mol. The Balaban J connectivity index is 2.27. The SMILES string of the molecule is NNc1cc(Cn2cc(I)cn2)ccc1[N+](=O)[O-]. The zero-order chi connectivity index (χ0) is 13.1. The molecule has 7 nitrogen and oxygen atoms in total. The minimum absolute atomic E-state index is 0.0451. The quantitative estimate of drug-likeness (QED) is 0.375. The summed E-state index contributed by atoms with van der Waals surface area (Å²) in [5.74, 6) is 5.28. The molecule has 0 saturated heterocycles. The van der Waals surface area contributed by atoms with Crippen LogP contribution in [0.1, 0.15) is 5.56 Å². The van der Waals surface area contributed by atoms with Gasteiger partial charge in [-0.05, 0) is 34.2 Å². The molecule has 0 amide bonds. The Kier molecular flexibility index (Phi) is 3.77. The molecule has 0 aliphatic carbocycles. The number of nitro groups is 1. The van der Waals surface area contributed by atoms with Crippen molar-refractivity contribution < 1.29 is 4.92 Å². The molecule has 0 unspecified atom stereocenters. The summed E-state index contributed by atoms with van der Waals surface area (Å²) in [6, 6.07) is 4.76. The fraction of sp³-hybridized carbons (Fsp3) is 0.100. The van der Waals surface area contributed by atoms with Crippen LogP contribution in [0.15, 0.2) is 30.6 Å². The summed E-state index contributed by atoms with van der Waals surface area (Å²) in [5.41, 5.74) is 3.46. The van der Waals surface area contributed by atoms with Gasteiger partial charge in [-0.3, -0.25) is 20.6 Å². The fourth-order valence-corrected chi connectivity index (χ4v) is 2.01. The zero-order valence-electron chi connectivity index (χ0n) is 9.21. The first-order valence-electron chi connectivity index (χ1n) is 5.02. The lowest BCUT2D eigenvalue weighted by Crippen LogP contribution is -2.10. The number of hydrazine groups is 1. The highest BCUT2D eigenvalue weighted by molar-refractivity contribution is 14.1. The van der Waals surface area contributed by atoms with Gasteiger partial charge < -0.3 is 5.43 Å². The first kappa shape index (κ1) is 12.8. The van der Waals surface area contributed by atoms with E-state index in [1.165, 1.54) is 6.07 Å². The Labute approximate surface area is 116 Å². The highest BCUT2D eigenvalue weighted by atomic mass is 127. The lowest BCUT2D eigenvalue weighted by molar-refractivity contribution is -0.384. The van der Waals surface area contributed by atoms with E-state index < -0.39 is 4.92 Å². The van der Waals surface area contributed by atoms with Crippen molar-refractivity contribution in [1.82, 2.24) is 9.78 Å². The summed E-state index contributed by atoms with van der Waals surface area (Å²) in [6.45, 7) is 0.537. The van der Waals surface area contributed by atoms with E-state index in [-0.39, 0.29) is 5.69 Å². The third-order valence-electron chi connectivity index (χ3n) is 2.36. The van der Waals surface area contributed by atoms with Crippen LogP contribution >= 0.6 is 22.6 Å². The number of anilines is 1. The molecule has 2 rings (SSSR count). The molecule has 0 fully saturated rings. The summed E-state index contributed by atoms with van der Waals surface area (Å²) in [6.07, 6.45) is 3.63. The van der Waals surface area contributed by atoms with Crippen LogP contribution in [0.5, 0.6) is 0 Å². The molecule has 1 heterocycles. The van der Waals surface area contributed by atoms with Crippen LogP contribution in [0.3, 0.4) is 0 Å². The van der Waals surface area contributed by atoms with Crippen LogP contribution in [-0.2, 0) is 6.54 Å². The van der Waals surface area contributed by atoms with Gasteiger partial charge in [-0.1, -0.05) is 6.07 Å². The van der Waals surface area contributed by atoms with Crippen LogP contribution < -0.4 is 11.3 Å². The van der Waals surface area contributed by atoms with Crippen molar-refractivity contribution in [2.24, 2.45) is 5.84 Å². The summed E-state index contributed by atoms with van der Waals surface area (Å²) in [7, 11) is 0. The number of nitrogen functional groups attached to an aromatic ring is 1. The van der Waals surface area contributed by atoms with Gasteiger partial charge >= 0.3 is 0 Å². The van der Waals surface area contributed by atoms with E-state index >= 15 is 0 Å². The monoisotopic (exact) mass is 359 g/mol. The molecule has 0 aliphatic heterocycles. The maximum atomic E-state index is 10.7. The molecule has 3 N–H and O–H groups in total. The van der Waals surface area contributed by atoms with Gasteiger partial charge in [-0.25, -0.2) is 0 Å². The maximum Gasteiger partial charge on any atom is 0.293 e. The second-order valence-corrected chi connectivity index (χ2v) is 4.85. The predicted octanol–water partition coefficient (Wildman–Crippen LogP) is 1.73. The Morgan fingerprint density at radius 2 is 2.33 bits per heavy atom. The number of halogens is 1. The van der Waals surface area contributed by atoms with E-state index in [2.05, 4.69) is 33.1 Å². The second kappa shape index (κ2) is 5.31. The zero-order valence-corrected chi connectivity index (χ0v) is 11.4. The van der Waals surface area contributed by atoms with E-state index in [4.69, 9.17) is 5.84 Å². The number of rotatable bonds is 4. The van der Waals surface area contributed by atoms with Gasteiger partial charge in [0.2, 0.25) is 0 Å². The molecule has 0 aliphatic rings. The number of nitrogens with one attached hydrogen (secondary N) is 1. The second-order valence-electron chi connectivity index (χ2n) is 3.61. The van der Waals surface area contributed by atoms with Crippen molar-refractivity contribution in [3.05, 3.63) is 49.8 Å². The Bertz CT molecular complexity index is 583. The van der Waals surface area contributed by atoms with Crippen molar-refractivity contribution in [3.8, 4) is 0 Å². The molecule has 0 spiro atoms. The van der Waals surface area contributed by atoms with Crippen LogP contribution in [0.25, 0.3) is 0 Å². The van der Waals surface area contributed by atoms with Crippen LogP contribution in [-0.4, -0.2) is 14.7 Å². The lowest BCUT2D eigenvalue weighted by Gasteiger charge is -2.06. The Morgan fingerprint density at radius 1 is 1.56 bits per heavy atom. The maximum absolute atomic E-state index is 10.7. The van der Waals surface area contributed by atoms with Crippen molar-refractivity contribution in [2.45, 2.75) is 6.54 Å². The molecule has 0 radical (unpaired) electrons. The number of hydrogen-bond acceptors (Lipinski definition) is 5. The summed E-state index contributed by atoms with van der Waals surface area (Å²) >= 11 is 2.17. The van der Waals surface area contributed by atoms with Crippen molar-refractivity contribution >= 4 is 34.0 Å². The van der Waals surface area contributed by atoms with Gasteiger partial charge in [0.15, 0.2) is 0 Å². The van der Waals surface area contributed by atoms with Crippen LogP contribution in [0.4, 0.5) is 11.4 Å². The fourth-order valence-electron chi connectivity index (χ4n) is 1.57. The van der Waals surface area contributed by atoms with Gasteiger partial charge in [0.05, 0.1) is 21.2 Å². The summed E-state index contributed by atoms with van der Waals surface area (Å²) < 4.78 is 2.79. The highest BCUT2D eigenvalue weighted by Gasteiger charge is 2.13. The van der Waals surface area contributed by atoms with Gasteiger partial charge in [0, 0.05) is 12.3 Å². The van der Waals surface area contributed by atoms with Crippen molar-refractivity contribution in [1.29, 1.82) is 0 Å².